The number of amides is 1. The molecular formula is C16H23N3O3S. The van der Waals surface area contributed by atoms with Gasteiger partial charge in [0.25, 0.3) is 0 Å². The van der Waals surface area contributed by atoms with Crippen molar-refractivity contribution in [3.05, 3.63) is 29.3 Å². The summed E-state index contributed by atoms with van der Waals surface area (Å²) in [7, 11) is -3.62. The second-order valence-electron chi connectivity index (χ2n) is 6.56. The van der Waals surface area contributed by atoms with E-state index in [0.717, 1.165) is 25.9 Å². The van der Waals surface area contributed by atoms with Crippen LogP contribution in [0.2, 0.25) is 0 Å². The summed E-state index contributed by atoms with van der Waals surface area (Å²) in [6.45, 7) is 6.02. The number of primary amides is 1. The van der Waals surface area contributed by atoms with Crippen LogP contribution in [0.3, 0.4) is 0 Å². The minimum absolute atomic E-state index is 0.0762. The van der Waals surface area contributed by atoms with Crippen molar-refractivity contribution in [1.82, 2.24) is 9.21 Å². The fourth-order valence-electron chi connectivity index (χ4n) is 3.66. The average molecular weight is 337 g/mol. The summed E-state index contributed by atoms with van der Waals surface area (Å²) < 4.78 is 27.6. The number of piperazine rings is 1. The Morgan fingerprint density at radius 2 is 2.04 bits per heavy atom. The summed E-state index contributed by atoms with van der Waals surface area (Å²) in [5.41, 5.74) is 6.30. The van der Waals surface area contributed by atoms with Gasteiger partial charge in [-0.05, 0) is 50.9 Å². The van der Waals surface area contributed by atoms with Gasteiger partial charge in [-0.25, -0.2) is 8.42 Å². The molecule has 2 saturated heterocycles. The third-order valence-corrected chi connectivity index (χ3v) is 6.94. The SMILES string of the molecule is Cc1ccc(S(=O)(=O)N2C[C@@H]3CCCN3C[C@@H]2C)cc1C(N)=O. The molecule has 0 saturated carbocycles. The van der Waals surface area contributed by atoms with E-state index < -0.39 is 15.9 Å². The second kappa shape index (κ2) is 5.89. The molecule has 0 unspecified atom stereocenters. The molecule has 0 aromatic heterocycles. The van der Waals surface area contributed by atoms with Crippen molar-refractivity contribution in [3.8, 4) is 0 Å². The van der Waals surface area contributed by atoms with Crippen LogP contribution in [-0.4, -0.2) is 55.2 Å². The predicted octanol–water partition coefficient (Wildman–Crippen LogP) is 0.951. The number of carbonyl (C=O) groups is 1. The Hall–Kier alpha value is -1.44. The van der Waals surface area contributed by atoms with Crippen molar-refractivity contribution in [2.24, 2.45) is 5.73 Å². The summed E-state index contributed by atoms with van der Waals surface area (Å²) in [6.07, 6.45) is 2.17. The van der Waals surface area contributed by atoms with E-state index in [9.17, 15) is 13.2 Å². The monoisotopic (exact) mass is 337 g/mol. The highest BCUT2D eigenvalue weighted by Gasteiger charge is 2.40. The lowest BCUT2D eigenvalue weighted by Gasteiger charge is -2.41. The second-order valence-corrected chi connectivity index (χ2v) is 8.45. The van der Waals surface area contributed by atoms with Gasteiger partial charge in [0, 0.05) is 30.7 Å². The van der Waals surface area contributed by atoms with E-state index in [1.807, 2.05) is 6.92 Å². The summed E-state index contributed by atoms with van der Waals surface area (Å²) >= 11 is 0. The molecule has 1 aromatic rings. The van der Waals surface area contributed by atoms with Gasteiger partial charge in [-0.3, -0.25) is 9.69 Å². The molecule has 2 atom stereocenters. The lowest BCUT2D eigenvalue weighted by atomic mass is 10.1. The normalized spacial score (nSPS) is 26.2. The van der Waals surface area contributed by atoms with Gasteiger partial charge in [0.05, 0.1) is 4.90 Å². The van der Waals surface area contributed by atoms with Crippen LogP contribution in [0.1, 0.15) is 35.7 Å². The highest BCUT2D eigenvalue weighted by atomic mass is 32.2. The molecule has 126 valence electrons. The molecule has 3 rings (SSSR count). The number of aryl methyl sites for hydroxylation is 1. The van der Waals surface area contributed by atoms with Crippen LogP contribution < -0.4 is 5.73 Å². The predicted molar refractivity (Wildman–Crippen MR) is 87.6 cm³/mol. The average Bonchev–Trinajstić information content (AvgIpc) is 2.93. The Kier molecular flexibility index (Phi) is 4.20. The first-order valence-corrected chi connectivity index (χ1v) is 9.41. The van der Waals surface area contributed by atoms with Gasteiger partial charge >= 0.3 is 0 Å². The number of sulfonamides is 1. The van der Waals surface area contributed by atoms with E-state index in [1.54, 1.807) is 23.4 Å². The third kappa shape index (κ3) is 2.88. The highest BCUT2D eigenvalue weighted by molar-refractivity contribution is 7.89. The lowest BCUT2D eigenvalue weighted by molar-refractivity contribution is 0.0999. The van der Waals surface area contributed by atoms with E-state index in [0.29, 0.717) is 18.2 Å². The highest BCUT2D eigenvalue weighted by Crippen LogP contribution is 2.29. The molecule has 6 nitrogen and oxygen atoms in total. The molecule has 2 aliphatic rings. The molecule has 0 spiro atoms. The van der Waals surface area contributed by atoms with Crippen molar-refractivity contribution in [2.45, 2.75) is 43.7 Å². The molecule has 23 heavy (non-hydrogen) atoms. The van der Waals surface area contributed by atoms with Gasteiger partial charge in [-0.15, -0.1) is 0 Å². The molecule has 2 aliphatic heterocycles. The van der Waals surface area contributed by atoms with Gasteiger partial charge in [-0.2, -0.15) is 4.31 Å². The van der Waals surface area contributed by atoms with Crippen LogP contribution in [0, 0.1) is 6.92 Å². The van der Waals surface area contributed by atoms with E-state index >= 15 is 0 Å². The van der Waals surface area contributed by atoms with Crippen molar-refractivity contribution in [3.63, 3.8) is 0 Å². The Labute approximate surface area is 137 Å². The van der Waals surface area contributed by atoms with Crippen LogP contribution in [-0.2, 0) is 10.0 Å². The molecule has 0 bridgehead atoms. The van der Waals surface area contributed by atoms with Crippen LogP contribution in [0.5, 0.6) is 0 Å². The fraction of sp³-hybridized carbons (Fsp3) is 0.562. The Balaban J connectivity index is 1.95. The van der Waals surface area contributed by atoms with Crippen molar-refractivity contribution >= 4 is 15.9 Å². The fourth-order valence-corrected chi connectivity index (χ4v) is 5.34. The number of fused-ring (bicyclic) bond motifs is 1. The smallest absolute Gasteiger partial charge is 0.249 e. The molecule has 1 amide bonds. The molecule has 2 fully saturated rings. The van der Waals surface area contributed by atoms with Crippen LogP contribution in [0.4, 0.5) is 0 Å². The summed E-state index contributed by atoms with van der Waals surface area (Å²) in [5.74, 6) is -0.604. The number of benzene rings is 1. The van der Waals surface area contributed by atoms with Crippen LogP contribution >= 0.6 is 0 Å². The molecule has 0 aliphatic carbocycles. The molecular weight excluding hydrogens is 314 g/mol. The van der Waals surface area contributed by atoms with Gasteiger partial charge in [-0.1, -0.05) is 6.07 Å². The largest absolute Gasteiger partial charge is 0.366 e. The minimum Gasteiger partial charge on any atom is -0.366 e. The summed E-state index contributed by atoms with van der Waals surface area (Å²) in [4.78, 5) is 14.0. The first-order valence-electron chi connectivity index (χ1n) is 7.97. The zero-order chi connectivity index (χ0) is 16.8. The first-order chi connectivity index (χ1) is 10.8. The van der Waals surface area contributed by atoms with E-state index in [1.165, 1.54) is 6.07 Å². The summed E-state index contributed by atoms with van der Waals surface area (Å²) in [6, 6.07) is 4.84. The summed E-state index contributed by atoms with van der Waals surface area (Å²) in [5, 5.41) is 0. The van der Waals surface area contributed by atoms with Crippen LogP contribution in [0.25, 0.3) is 0 Å². The lowest BCUT2D eigenvalue weighted by Crippen LogP contribution is -2.56. The number of hydrogen-bond donors (Lipinski definition) is 1. The van der Waals surface area contributed by atoms with Gasteiger partial charge in [0.15, 0.2) is 0 Å². The van der Waals surface area contributed by atoms with Gasteiger partial charge in [0.2, 0.25) is 15.9 Å². The van der Waals surface area contributed by atoms with Crippen molar-refractivity contribution in [1.29, 1.82) is 0 Å². The van der Waals surface area contributed by atoms with E-state index in [-0.39, 0.29) is 16.5 Å². The maximum Gasteiger partial charge on any atom is 0.249 e. The third-order valence-electron chi connectivity index (χ3n) is 4.96. The molecule has 0 radical (unpaired) electrons. The van der Waals surface area contributed by atoms with Gasteiger partial charge in [0.1, 0.15) is 0 Å². The molecule has 2 heterocycles. The topological polar surface area (TPSA) is 83.7 Å². The number of carbonyl (C=O) groups excluding carboxylic acids is 1. The first kappa shape index (κ1) is 16.4. The van der Waals surface area contributed by atoms with E-state index in [2.05, 4.69) is 4.90 Å². The van der Waals surface area contributed by atoms with Crippen molar-refractivity contribution < 1.29 is 13.2 Å². The maximum atomic E-state index is 13.0. The maximum absolute atomic E-state index is 13.0. The van der Waals surface area contributed by atoms with E-state index in [4.69, 9.17) is 5.73 Å². The van der Waals surface area contributed by atoms with Crippen LogP contribution in [0.15, 0.2) is 23.1 Å². The zero-order valence-corrected chi connectivity index (χ0v) is 14.3. The Morgan fingerprint density at radius 1 is 1.30 bits per heavy atom. The minimum atomic E-state index is -3.62. The molecule has 1 aromatic carbocycles. The van der Waals surface area contributed by atoms with Gasteiger partial charge < -0.3 is 5.73 Å². The zero-order valence-electron chi connectivity index (χ0n) is 13.5. The standard InChI is InChI=1S/C16H23N3O3S/c1-11-5-6-14(8-15(11)16(17)20)23(21,22)19-10-13-4-3-7-18(13)9-12(19)2/h5-6,8,12-13H,3-4,7,9-10H2,1-2H3,(H2,17,20)/t12-,13-/m0/s1. The number of hydrogen-bond acceptors (Lipinski definition) is 4. The number of nitrogens with two attached hydrogens (primary N) is 1. The number of nitrogens with zero attached hydrogens (tertiary/aromatic N) is 2. The molecule has 7 heteroatoms. The molecule has 2 N–H and O–H groups in total. The van der Waals surface area contributed by atoms with Crippen molar-refractivity contribution in [2.75, 3.05) is 19.6 Å². The Bertz CT molecular complexity index is 732. The Morgan fingerprint density at radius 3 is 2.74 bits per heavy atom. The quantitative estimate of drug-likeness (QED) is 0.890. The number of rotatable bonds is 3.